The molecular weight excluding hydrogens is 410 g/mol. The van der Waals surface area contributed by atoms with Crippen LogP contribution in [0.15, 0.2) is 23.1 Å². The van der Waals surface area contributed by atoms with Crippen LogP contribution in [0.3, 0.4) is 0 Å². The summed E-state index contributed by atoms with van der Waals surface area (Å²) in [5.74, 6) is 1.55. The third kappa shape index (κ3) is 4.69. The largest absolute Gasteiger partial charge is 0.423 e. The Morgan fingerprint density at radius 2 is 1.97 bits per heavy atom. The second-order valence-corrected chi connectivity index (χ2v) is 9.66. The first-order valence-electron chi connectivity index (χ1n) is 11.3. The number of likely N-dealkylation sites (N-methyl/N-ethyl adjacent to an activating group) is 1. The third-order valence-corrected chi connectivity index (χ3v) is 6.73. The molecule has 2 aromatic rings. The lowest BCUT2D eigenvalue weighted by atomic mass is 9.76. The van der Waals surface area contributed by atoms with E-state index < -0.39 is 0 Å². The van der Waals surface area contributed by atoms with Gasteiger partial charge in [0.05, 0.1) is 18.9 Å². The molecule has 32 heavy (non-hydrogen) atoms. The van der Waals surface area contributed by atoms with E-state index in [-0.39, 0.29) is 29.2 Å². The van der Waals surface area contributed by atoms with Crippen molar-refractivity contribution in [1.29, 1.82) is 0 Å². The highest BCUT2D eigenvalue weighted by atomic mass is 16.4. The van der Waals surface area contributed by atoms with Crippen molar-refractivity contribution in [2.24, 2.45) is 5.41 Å². The third-order valence-electron chi connectivity index (χ3n) is 6.73. The van der Waals surface area contributed by atoms with Crippen molar-refractivity contribution in [1.82, 2.24) is 34.4 Å². The minimum absolute atomic E-state index is 0.0372. The summed E-state index contributed by atoms with van der Waals surface area (Å²) in [6, 6.07) is -0.0768. The molecule has 4 rings (SSSR count). The summed E-state index contributed by atoms with van der Waals surface area (Å²) in [5, 5.41) is 8.54. The van der Waals surface area contributed by atoms with Crippen molar-refractivity contribution in [3.05, 3.63) is 30.5 Å². The zero-order chi connectivity index (χ0) is 22.9. The fraction of sp³-hybridized carbons (Fsp3) is 0.682. The van der Waals surface area contributed by atoms with Crippen molar-refractivity contribution >= 4 is 11.8 Å². The topological polar surface area (TPSA) is 101 Å². The van der Waals surface area contributed by atoms with Crippen LogP contribution < -0.4 is 0 Å². The number of imidazole rings is 1. The van der Waals surface area contributed by atoms with Crippen molar-refractivity contribution in [3.63, 3.8) is 0 Å². The Kier molecular flexibility index (Phi) is 6.32. The van der Waals surface area contributed by atoms with Crippen molar-refractivity contribution in [3.8, 4) is 0 Å². The van der Waals surface area contributed by atoms with E-state index in [1.54, 1.807) is 42.3 Å². The number of carbonyl (C=O) groups is 2. The number of aromatic nitrogens is 4. The van der Waals surface area contributed by atoms with Gasteiger partial charge in [-0.25, -0.2) is 4.98 Å². The number of hydrogen-bond donors (Lipinski definition) is 0. The quantitative estimate of drug-likeness (QED) is 0.667. The second kappa shape index (κ2) is 9.01. The highest BCUT2D eigenvalue weighted by Crippen LogP contribution is 2.48. The lowest BCUT2D eigenvalue weighted by molar-refractivity contribution is -0.134. The molecule has 2 saturated heterocycles. The van der Waals surface area contributed by atoms with E-state index in [2.05, 4.69) is 20.1 Å². The zero-order valence-corrected chi connectivity index (χ0v) is 19.4. The van der Waals surface area contributed by atoms with Crippen LogP contribution in [0.1, 0.15) is 56.9 Å². The van der Waals surface area contributed by atoms with Crippen LogP contribution in [0.5, 0.6) is 0 Å². The Morgan fingerprint density at radius 3 is 2.56 bits per heavy atom. The molecule has 10 heteroatoms. The monoisotopic (exact) mass is 443 g/mol. The van der Waals surface area contributed by atoms with Gasteiger partial charge in [0.25, 0.3) is 0 Å². The van der Waals surface area contributed by atoms with Crippen LogP contribution in [-0.2, 0) is 16.1 Å². The van der Waals surface area contributed by atoms with Crippen LogP contribution in [0.2, 0.25) is 0 Å². The van der Waals surface area contributed by atoms with E-state index in [1.165, 1.54) is 0 Å². The maximum absolute atomic E-state index is 12.7. The summed E-state index contributed by atoms with van der Waals surface area (Å²) in [4.78, 5) is 35.0. The minimum Gasteiger partial charge on any atom is -0.423 e. The molecule has 1 spiro atoms. The van der Waals surface area contributed by atoms with E-state index in [4.69, 9.17) is 4.42 Å². The van der Waals surface area contributed by atoms with Crippen molar-refractivity contribution in [2.75, 3.05) is 40.3 Å². The molecule has 0 aliphatic carbocycles. The van der Waals surface area contributed by atoms with Gasteiger partial charge in [0.2, 0.25) is 23.6 Å². The summed E-state index contributed by atoms with van der Waals surface area (Å²) in [6.45, 7) is 6.92. The Balaban J connectivity index is 1.46. The molecule has 10 nitrogen and oxygen atoms in total. The molecular formula is C22H33N7O3. The second-order valence-electron chi connectivity index (χ2n) is 9.66. The van der Waals surface area contributed by atoms with E-state index in [1.807, 2.05) is 18.7 Å². The molecule has 1 atom stereocenters. The van der Waals surface area contributed by atoms with Gasteiger partial charge in [-0.1, -0.05) is 13.8 Å². The Hall–Kier alpha value is -2.75. The van der Waals surface area contributed by atoms with Gasteiger partial charge in [-0.3, -0.25) is 14.5 Å². The van der Waals surface area contributed by atoms with E-state index in [9.17, 15) is 9.59 Å². The summed E-state index contributed by atoms with van der Waals surface area (Å²) in [6.07, 6.45) is 7.81. The van der Waals surface area contributed by atoms with E-state index >= 15 is 0 Å². The first-order chi connectivity index (χ1) is 15.3. The van der Waals surface area contributed by atoms with E-state index in [0.29, 0.717) is 24.9 Å². The Bertz CT molecular complexity index is 929. The number of likely N-dealkylation sites (tertiary alicyclic amines) is 2. The van der Waals surface area contributed by atoms with Gasteiger partial charge in [-0.2, -0.15) is 0 Å². The number of hydrogen-bond acceptors (Lipinski definition) is 7. The van der Waals surface area contributed by atoms with Crippen molar-refractivity contribution in [2.45, 2.75) is 51.6 Å². The minimum atomic E-state index is -0.0768. The first-order valence-corrected chi connectivity index (χ1v) is 11.3. The Morgan fingerprint density at radius 1 is 1.22 bits per heavy atom. The smallest absolute Gasteiger partial charge is 0.242 e. The van der Waals surface area contributed by atoms with Crippen LogP contribution in [-0.4, -0.2) is 86.5 Å². The lowest BCUT2D eigenvalue weighted by Crippen LogP contribution is -2.45. The number of nitrogens with zero attached hydrogens (tertiary/aromatic N) is 7. The summed E-state index contributed by atoms with van der Waals surface area (Å²) in [5.41, 5.74) is 0.0372. The molecule has 2 aromatic heterocycles. The van der Waals surface area contributed by atoms with Crippen LogP contribution in [0.4, 0.5) is 0 Å². The predicted molar refractivity (Wildman–Crippen MR) is 116 cm³/mol. The summed E-state index contributed by atoms with van der Waals surface area (Å²) in [7, 11) is 3.55. The SMILES string of the molecule is CC(C)c1nnc(C2CC3(CCN(C(=O)Cn4ccnc4)CC3)CN2CC(=O)N(C)C)o1. The maximum Gasteiger partial charge on any atom is 0.242 e. The maximum atomic E-state index is 12.7. The van der Waals surface area contributed by atoms with Gasteiger partial charge < -0.3 is 18.8 Å². The molecule has 0 saturated carbocycles. The molecule has 1 unspecified atom stereocenters. The van der Waals surface area contributed by atoms with Crippen LogP contribution in [0.25, 0.3) is 0 Å². The Labute approximate surface area is 188 Å². The molecule has 2 aliphatic rings. The summed E-state index contributed by atoms with van der Waals surface area (Å²) >= 11 is 0. The van der Waals surface area contributed by atoms with Gasteiger partial charge in [0, 0.05) is 52.0 Å². The summed E-state index contributed by atoms with van der Waals surface area (Å²) < 4.78 is 7.79. The molecule has 0 bridgehead atoms. The van der Waals surface area contributed by atoms with Gasteiger partial charge in [0.15, 0.2) is 0 Å². The van der Waals surface area contributed by atoms with Crippen LogP contribution >= 0.6 is 0 Å². The fourth-order valence-corrected chi connectivity index (χ4v) is 4.71. The molecule has 174 valence electrons. The number of rotatable bonds is 6. The molecule has 0 N–H and O–H groups in total. The van der Waals surface area contributed by atoms with Crippen molar-refractivity contribution < 1.29 is 14.0 Å². The van der Waals surface area contributed by atoms with E-state index in [0.717, 1.165) is 38.9 Å². The first kappa shape index (κ1) is 22.4. The average molecular weight is 444 g/mol. The molecule has 2 fully saturated rings. The molecule has 2 amide bonds. The molecule has 4 heterocycles. The number of amides is 2. The molecule has 0 aromatic carbocycles. The lowest BCUT2D eigenvalue weighted by Gasteiger charge is -2.39. The molecule has 2 aliphatic heterocycles. The highest BCUT2D eigenvalue weighted by molar-refractivity contribution is 5.77. The van der Waals surface area contributed by atoms with Gasteiger partial charge in [0.1, 0.15) is 6.54 Å². The van der Waals surface area contributed by atoms with Gasteiger partial charge in [-0.15, -0.1) is 10.2 Å². The highest BCUT2D eigenvalue weighted by Gasteiger charge is 2.48. The van der Waals surface area contributed by atoms with Gasteiger partial charge >= 0.3 is 0 Å². The fourth-order valence-electron chi connectivity index (χ4n) is 4.71. The normalized spacial score (nSPS) is 20.9. The zero-order valence-electron chi connectivity index (χ0n) is 19.4. The molecule has 0 radical (unpaired) electrons. The predicted octanol–water partition coefficient (Wildman–Crippen LogP) is 1.53. The number of carbonyl (C=O) groups excluding carboxylic acids is 2. The number of piperidine rings is 1. The van der Waals surface area contributed by atoms with Crippen LogP contribution in [0, 0.1) is 5.41 Å². The average Bonchev–Trinajstić information content (AvgIpc) is 3.49. The van der Waals surface area contributed by atoms with Gasteiger partial charge in [-0.05, 0) is 24.7 Å². The standard InChI is InChI=1S/C22H33N7O3/c1-16(2)20-24-25-21(32-20)17-11-22(14-29(17)13-18(30)26(3)4)5-8-28(9-6-22)19(31)12-27-10-7-23-15-27/h7,10,15-17H,5-6,8-9,11-14H2,1-4H3.